The minimum atomic E-state index is -1.09. The zero-order chi connectivity index (χ0) is 18.4. The van der Waals surface area contributed by atoms with Gasteiger partial charge in [-0.1, -0.05) is 44.2 Å². The molecule has 2 unspecified atom stereocenters. The summed E-state index contributed by atoms with van der Waals surface area (Å²) in [5.74, 6) is 0.173. The van der Waals surface area contributed by atoms with Crippen molar-refractivity contribution in [3.8, 4) is 0 Å². The quantitative estimate of drug-likeness (QED) is 0.646. The van der Waals surface area contributed by atoms with Gasteiger partial charge in [-0.15, -0.1) is 0 Å². The van der Waals surface area contributed by atoms with Gasteiger partial charge in [0.25, 0.3) is 0 Å². The predicted octanol–water partition coefficient (Wildman–Crippen LogP) is 2.91. The number of benzene rings is 1. The zero-order valence-corrected chi connectivity index (χ0v) is 15.4. The molecule has 1 fully saturated rings. The lowest BCUT2D eigenvalue weighted by atomic mass is 9.84. The summed E-state index contributed by atoms with van der Waals surface area (Å²) in [7, 11) is 0. The second-order valence-corrected chi connectivity index (χ2v) is 7.91. The molecule has 25 heavy (non-hydrogen) atoms. The van der Waals surface area contributed by atoms with E-state index in [2.05, 4.69) is 0 Å². The van der Waals surface area contributed by atoms with Gasteiger partial charge in [-0.2, -0.15) is 0 Å². The number of nitrogens with two attached hydrogens (primary N) is 1. The first kappa shape index (κ1) is 19.8. The average Bonchev–Trinajstić information content (AvgIpc) is 3.37. The molecule has 0 aliphatic heterocycles. The summed E-state index contributed by atoms with van der Waals surface area (Å²) in [5.41, 5.74) is 7.03. The van der Waals surface area contributed by atoms with E-state index in [1.807, 2.05) is 44.2 Å². The van der Waals surface area contributed by atoms with Crippen molar-refractivity contribution in [2.75, 3.05) is 0 Å². The normalized spacial score (nSPS) is 18.0. The monoisotopic (exact) mass is 345 g/mol. The van der Waals surface area contributed by atoms with Crippen LogP contribution in [-0.4, -0.2) is 28.8 Å². The molecule has 3 atom stereocenters. The first-order valence-electron chi connectivity index (χ1n) is 9.39. The van der Waals surface area contributed by atoms with Gasteiger partial charge in [0, 0.05) is 18.8 Å². The molecule has 1 aliphatic rings. The van der Waals surface area contributed by atoms with Gasteiger partial charge in [0.05, 0.1) is 6.04 Å². The minimum absolute atomic E-state index is 0.0621. The van der Waals surface area contributed by atoms with Crippen molar-refractivity contribution in [1.82, 2.24) is 0 Å². The Hall–Kier alpha value is -1.52. The van der Waals surface area contributed by atoms with Gasteiger partial charge in [-0.05, 0) is 43.1 Å². The van der Waals surface area contributed by atoms with Gasteiger partial charge in [0.2, 0.25) is 0 Å². The largest absolute Gasteiger partial charge is 0.385 e. The van der Waals surface area contributed by atoms with Crippen LogP contribution >= 0.6 is 0 Å². The highest BCUT2D eigenvalue weighted by atomic mass is 16.3. The molecule has 1 aromatic carbocycles. The molecule has 0 aromatic heterocycles. The molecule has 0 radical (unpaired) electrons. The van der Waals surface area contributed by atoms with Crippen molar-refractivity contribution in [1.29, 1.82) is 0 Å². The lowest BCUT2D eigenvalue weighted by Gasteiger charge is -2.23. The SMILES string of the molecule is CC(C)C[C@H](N)C(=O)CC(Cc1ccccc1)C(O)C(=O)CC1CC1. The van der Waals surface area contributed by atoms with Crippen LogP contribution in [0.2, 0.25) is 0 Å². The van der Waals surface area contributed by atoms with Crippen LogP contribution in [0.5, 0.6) is 0 Å². The molecule has 1 saturated carbocycles. The van der Waals surface area contributed by atoms with Crippen LogP contribution < -0.4 is 5.73 Å². The number of Topliss-reactive ketones (excluding diaryl/α,β-unsaturated/α-hetero) is 2. The molecule has 4 nitrogen and oxygen atoms in total. The van der Waals surface area contributed by atoms with Gasteiger partial charge in [0.15, 0.2) is 5.78 Å². The topological polar surface area (TPSA) is 80.4 Å². The fourth-order valence-corrected chi connectivity index (χ4v) is 3.25. The third-order valence-corrected chi connectivity index (χ3v) is 4.91. The number of carbonyl (C=O) groups is 2. The molecular formula is C21H31NO3. The van der Waals surface area contributed by atoms with Gasteiger partial charge >= 0.3 is 0 Å². The van der Waals surface area contributed by atoms with E-state index >= 15 is 0 Å². The van der Waals surface area contributed by atoms with Crippen molar-refractivity contribution in [2.45, 2.75) is 64.5 Å². The summed E-state index contributed by atoms with van der Waals surface area (Å²) in [5, 5.41) is 10.6. The van der Waals surface area contributed by atoms with Gasteiger partial charge in [-0.3, -0.25) is 9.59 Å². The summed E-state index contributed by atoms with van der Waals surface area (Å²) >= 11 is 0. The molecule has 1 aliphatic carbocycles. The Balaban J connectivity index is 2.04. The first-order valence-corrected chi connectivity index (χ1v) is 9.39. The molecule has 0 heterocycles. The van der Waals surface area contributed by atoms with E-state index in [1.165, 1.54) is 0 Å². The van der Waals surface area contributed by atoms with E-state index in [1.54, 1.807) is 0 Å². The molecule has 3 N–H and O–H groups in total. The highest BCUT2D eigenvalue weighted by molar-refractivity contribution is 5.87. The van der Waals surface area contributed by atoms with E-state index in [0.717, 1.165) is 18.4 Å². The Morgan fingerprint density at radius 1 is 1.16 bits per heavy atom. The third-order valence-electron chi connectivity index (χ3n) is 4.91. The second kappa shape index (κ2) is 9.25. The summed E-state index contributed by atoms with van der Waals surface area (Å²) in [6, 6.07) is 9.18. The summed E-state index contributed by atoms with van der Waals surface area (Å²) in [6.07, 6.45) is 2.77. The van der Waals surface area contributed by atoms with Crippen molar-refractivity contribution in [2.24, 2.45) is 23.5 Å². The zero-order valence-electron chi connectivity index (χ0n) is 15.4. The summed E-state index contributed by atoms with van der Waals surface area (Å²) in [4.78, 5) is 24.9. The lowest BCUT2D eigenvalue weighted by molar-refractivity contribution is -0.131. The Bertz CT molecular complexity index is 566. The molecule has 1 aromatic rings. The van der Waals surface area contributed by atoms with Crippen LogP contribution in [-0.2, 0) is 16.0 Å². The Morgan fingerprint density at radius 2 is 1.80 bits per heavy atom. The predicted molar refractivity (Wildman–Crippen MR) is 99.0 cm³/mol. The van der Waals surface area contributed by atoms with E-state index in [-0.39, 0.29) is 18.0 Å². The summed E-state index contributed by atoms with van der Waals surface area (Å²) in [6.45, 7) is 4.06. The van der Waals surface area contributed by atoms with Crippen LogP contribution in [0.4, 0.5) is 0 Å². The van der Waals surface area contributed by atoms with E-state index in [4.69, 9.17) is 5.73 Å². The molecule has 2 rings (SSSR count). The third kappa shape index (κ3) is 6.71. The van der Waals surface area contributed by atoms with E-state index < -0.39 is 18.1 Å². The molecule has 0 amide bonds. The second-order valence-electron chi connectivity index (χ2n) is 7.91. The average molecular weight is 345 g/mol. The van der Waals surface area contributed by atoms with Gasteiger partial charge in [-0.25, -0.2) is 0 Å². The lowest BCUT2D eigenvalue weighted by Crippen LogP contribution is -2.38. The molecule has 138 valence electrons. The molecule has 0 saturated heterocycles. The van der Waals surface area contributed by atoms with Crippen molar-refractivity contribution in [3.63, 3.8) is 0 Å². The van der Waals surface area contributed by atoms with Crippen LogP contribution in [0, 0.1) is 17.8 Å². The van der Waals surface area contributed by atoms with Gasteiger partial charge < -0.3 is 10.8 Å². The Kier molecular flexibility index (Phi) is 7.33. The minimum Gasteiger partial charge on any atom is -0.385 e. The molecule has 0 spiro atoms. The molecule has 0 bridgehead atoms. The maximum atomic E-state index is 12.5. The summed E-state index contributed by atoms with van der Waals surface area (Å²) < 4.78 is 0. The standard InChI is InChI=1S/C21H31NO3/c1-14(2)10-18(22)19(23)13-17(11-15-6-4-3-5-7-15)21(25)20(24)12-16-8-9-16/h3-7,14,16-18,21,25H,8-13,22H2,1-2H3/t17?,18-,21?/m0/s1. The first-order chi connectivity index (χ1) is 11.9. The molecular weight excluding hydrogens is 314 g/mol. The smallest absolute Gasteiger partial charge is 0.161 e. The number of rotatable bonds is 11. The van der Waals surface area contributed by atoms with Crippen LogP contribution in [0.15, 0.2) is 30.3 Å². The van der Waals surface area contributed by atoms with Crippen molar-refractivity contribution >= 4 is 11.6 Å². The number of ketones is 2. The Morgan fingerprint density at radius 3 is 2.36 bits per heavy atom. The highest BCUT2D eigenvalue weighted by Crippen LogP contribution is 2.34. The van der Waals surface area contributed by atoms with Crippen molar-refractivity contribution < 1.29 is 14.7 Å². The van der Waals surface area contributed by atoms with E-state index in [0.29, 0.717) is 31.1 Å². The number of aliphatic hydroxyl groups is 1. The van der Waals surface area contributed by atoms with E-state index in [9.17, 15) is 14.7 Å². The van der Waals surface area contributed by atoms with Crippen molar-refractivity contribution in [3.05, 3.63) is 35.9 Å². The number of hydrogen-bond acceptors (Lipinski definition) is 4. The number of carbonyl (C=O) groups excluding carboxylic acids is 2. The Labute approximate surface area is 150 Å². The van der Waals surface area contributed by atoms with Crippen LogP contribution in [0.25, 0.3) is 0 Å². The maximum absolute atomic E-state index is 12.5. The highest BCUT2D eigenvalue weighted by Gasteiger charge is 2.33. The number of aliphatic hydroxyl groups excluding tert-OH is 1. The maximum Gasteiger partial charge on any atom is 0.161 e. The molecule has 4 heteroatoms. The van der Waals surface area contributed by atoms with Gasteiger partial charge in [0.1, 0.15) is 11.9 Å². The van der Waals surface area contributed by atoms with Crippen LogP contribution in [0.3, 0.4) is 0 Å². The number of hydrogen-bond donors (Lipinski definition) is 2. The fourth-order valence-electron chi connectivity index (χ4n) is 3.25. The fraction of sp³-hybridized carbons (Fsp3) is 0.619. The van der Waals surface area contributed by atoms with Crippen LogP contribution in [0.1, 0.15) is 51.5 Å².